The van der Waals surface area contributed by atoms with Crippen LogP contribution in [0.5, 0.6) is 11.5 Å². The molecule has 5 rings (SSSR count). The molecule has 5 N–H and O–H groups in total. The monoisotopic (exact) mass is 682 g/mol. The molecule has 3 amide bonds. The number of amides is 3. The molecule has 260 valence electrons. The fourth-order valence-corrected chi connectivity index (χ4v) is 5.98. The normalized spacial score (nSPS) is 14.5. The van der Waals surface area contributed by atoms with Crippen molar-refractivity contribution in [2.75, 3.05) is 32.6 Å². The molecule has 3 aromatic carbocycles. The van der Waals surface area contributed by atoms with Crippen molar-refractivity contribution in [3.63, 3.8) is 0 Å². The molecule has 50 heavy (non-hydrogen) atoms. The van der Waals surface area contributed by atoms with Gasteiger partial charge in [0.25, 0.3) is 5.91 Å². The number of aromatic nitrogens is 2. The average Bonchev–Trinajstić information content (AvgIpc) is 3.13. The van der Waals surface area contributed by atoms with Gasteiger partial charge in [0.15, 0.2) is 5.78 Å². The SMILES string of the molecule is COc1cccc(OC)c1C(=O)Nc1[nH]c(=O)ncc1CC(NC(=O)NC1(C(=O)c2ccccc2)CCN(Cc2ccccc2)CC1)C(=O)O. The number of piperidine rings is 1. The van der Waals surface area contributed by atoms with Gasteiger partial charge < -0.3 is 30.5 Å². The number of carboxylic acid groups (broad SMARTS) is 1. The summed E-state index contributed by atoms with van der Waals surface area (Å²) in [5.74, 6) is -2.10. The van der Waals surface area contributed by atoms with Crippen molar-refractivity contribution in [2.24, 2.45) is 0 Å². The van der Waals surface area contributed by atoms with E-state index in [0.29, 0.717) is 38.0 Å². The number of Topliss-reactive ketones (excluding diaryl/α,β-unsaturated/α-hetero) is 1. The van der Waals surface area contributed by atoms with E-state index in [1.165, 1.54) is 14.2 Å². The highest BCUT2D eigenvalue weighted by atomic mass is 16.5. The Labute approximate surface area is 287 Å². The second-order valence-electron chi connectivity index (χ2n) is 11.8. The van der Waals surface area contributed by atoms with Gasteiger partial charge in [0, 0.05) is 43.4 Å². The summed E-state index contributed by atoms with van der Waals surface area (Å²) in [5.41, 5.74) is -0.396. The molecular formula is C36H38N6O8. The summed E-state index contributed by atoms with van der Waals surface area (Å²) in [6.07, 6.45) is 1.33. The largest absolute Gasteiger partial charge is 0.496 e. The number of benzene rings is 3. The van der Waals surface area contributed by atoms with Crippen molar-refractivity contribution in [3.8, 4) is 11.5 Å². The van der Waals surface area contributed by atoms with Gasteiger partial charge in [0.05, 0.1) is 14.2 Å². The zero-order valence-corrected chi connectivity index (χ0v) is 27.6. The summed E-state index contributed by atoms with van der Waals surface area (Å²) in [6.45, 7) is 1.71. The van der Waals surface area contributed by atoms with Gasteiger partial charge in [-0.15, -0.1) is 0 Å². The maximum absolute atomic E-state index is 13.9. The van der Waals surface area contributed by atoms with Gasteiger partial charge in [0.1, 0.15) is 34.5 Å². The molecule has 2 heterocycles. The standard InChI is InChI=1S/C36H38N6O8/c1-49-27-14-9-15-28(50-2)29(27)32(44)39-31-25(21-37-34(47)40-31)20-26(33(45)46)38-35(48)41-36(30(43)24-12-7-4-8-13-24)16-18-42(19-17-36)22-23-10-5-3-6-11-23/h3-15,21,26H,16-20,22H2,1-2H3,(H,45,46)(H2,38,41,48)(H2,37,39,40,44,47). The van der Waals surface area contributed by atoms with Gasteiger partial charge in [0.2, 0.25) is 0 Å². The Bertz CT molecular complexity index is 1870. The number of carboxylic acids is 1. The van der Waals surface area contributed by atoms with Crippen LogP contribution in [0.25, 0.3) is 0 Å². The van der Waals surface area contributed by atoms with Crippen molar-refractivity contribution in [2.45, 2.75) is 37.4 Å². The molecule has 0 aliphatic carbocycles. The topological polar surface area (TPSA) is 192 Å². The summed E-state index contributed by atoms with van der Waals surface area (Å²) in [4.78, 5) is 73.8. The van der Waals surface area contributed by atoms with Crippen molar-refractivity contribution < 1.29 is 33.8 Å². The number of ketones is 1. The third-order valence-electron chi connectivity index (χ3n) is 8.59. The predicted molar refractivity (Wildman–Crippen MR) is 184 cm³/mol. The molecule has 0 bridgehead atoms. The second kappa shape index (κ2) is 15.9. The number of carbonyl (C=O) groups is 4. The van der Waals surface area contributed by atoms with E-state index in [1.54, 1.807) is 48.5 Å². The fourth-order valence-electron chi connectivity index (χ4n) is 5.98. The van der Waals surface area contributed by atoms with Crippen LogP contribution in [0.2, 0.25) is 0 Å². The molecule has 0 spiro atoms. The molecule has 1 atom stereocenters. The molecule has 0 saturated carbocycles. The third kappa shape index (κ3) is 8.33. The van der Waals surface area contributed by atoms with Gasteiger partial charge in [-0.05, 0) is 30.5 Å². The number of likely N-dealkylation sites (tertiary alicyclic amines) is 1. The highest BCUT2D eigenvalue weighted by molar-refractivity contribution is 6.08. The van der Waals surface area contributed by atoms with Crippen LogP contribution in [0, 0.1) is 0 Å². The molecule has 0 radical (unpaired) electrons. The van der Waals surface area contributed by atoms with Crippen LogP contribution in [0.15, 0.2) is 89.9 Å². The molecule has 4 aromatic rings. The zero-order valence-electron chi connectivity index (χ0n) is 27.6. The Morgan fingerprint density at radius 2 is 1.54 bits per heavy atom. The van der Waals surface area contributed by atoms with Crippen LogP contribution in [-0.4, -0.2) is 82.6 Å². The minimum atomic E-state index is -1.54. The Balaban J connectivity index is 1.34. The van der Waals surface area contributed by atoms with Gasteiger partial charge in [-0.3, -0.25) is 19.5 Å². The number of urea groups is 1. The smallest absolute Gasteiger partial charge is 0.346 e. The minimum Gasteiger partial charge on any atom is -0.496 e. The van der Waals surface area contributed by atoms with Crippen molar-refractivity contribution >= 4 is 29.5 Å². The molecule has 1 saturated heterocycles. The highest BCUT2D eigenvalue weighted by Crippen LogP contribution is 2.30. The molecule has 14 heteroatoms. The second-order valence-corrected chi connectivity index (χ2v) is 11.8. The van der Waals surface area contributed by atoms with Crippen LogP contribution in [0.1, 0.15) is 44.7 Å². The number of hydrogen-bond acceptors (Lipinski definition) is 9. The van der Waals surface area contributed by atoms with Gasteiger partial charge in [-0.1, -0.05) is 66.7 Å². The Morgan fingerprint density at radius 1 is 0.920 bits per heavy atom. The lowest BCUT2D eigenvalue weighted by molar-refractivity contribution is -0.139. The first kappa shape index (κ1) is 35.3. The fraction of sp³-hybridized carbons (Fsp3) is 0.278. The first-order valence-corrected chi connectivity index (χ1v) is 15.9. The van der Waals surface area contributed by atoms with Crippen molar-refractivity contribution in [1.29, 1.82) is 0 Å². The maximum atomic E-state index is 13.9. The molecular weight excluding hydrogens is 644 g/mol. The van der Waals surface area contributed by atoms with E-state index < -0.39 is 35.2 Å². The molecule has 1 aromatic heterocycles. The van der Waals surface area contributed by atoms with Crippen molar-refractivity contribution in [3.05, 3.63) is 118 Å². The van der Waals surface area contributed by atoms with Crippen LogP contribution in [-0.2, 0) is 17.8 Å². The number of H-pyrrole nitrogens is 1. The molecule has 1 unspecified atom stereocenters. The number of carbonyl (C=O) groups excluding carboxylic acids is 3. The molecule has 1 aliphatic rings. The average molecular weight is 683 g/mol. The number of ether oxygens (including phenoxy) is 2. The lowest BCUT2D eigenvalue weighted by Gasteiger charge is -2.41. The van der Waals surface area contributed by atoms with Gasteiger partial charge in [-0.2, -0.15) is 0 Å². The summed E-state index contributed by atoms with van der Waals surface area (Å²) in [5, 5.41) is 18.0. The number of methoxy groups -OCH3 is 2. The predicted octanol–water partition coefficient (Wildman–Crippen LogP) is 3.25. The first-order chi connectivity index (χ1) is 24.1. The summed E-state index contributed by atoms with van der Waals surface area (Å²) < 4.78 is 10.6. The summed E-state index contributed by atoms with van der Waals surface area (Å²) >= 11 is 0. The summed E-state index contributed by atoms with van der Waals surface area (Å²) in [7, 11) is 2.76. The number of rotatable bonds is 13. The zero-order chi connectivity index (χ0) is 35.7. The minimum absolute atomic E-state index is 0.0385. The number of hydrogen-bond donors (Lipinski definition) is 5. The van der Waals surface area contributed by atoms with Gasteiger partial charge in [-0.25, -0.2) is 19.4 Å². The highest BCUT2D eigenvalue weighted by Gasteiger charge is 2.43. The first-order valence-electron chi connectivity index (χ1n) is 15.9. The number of anilines is 1. The van der Waals surface area contributed by atoms with E-state index in [4.69, 9.17) is 9.47 Å². The molecule has 1 fully saturated rings. The van der Waals surface area contributed by atoms with Crippen molar-refractivity contribution in [1.82, 2.24) is 25.5 Å². The Morgan fingerprint density at radius 3 is 2.14 bits per heavy atom. The third-order valence-corrected chi connectivity index (χ3v) is 8.59. The van der Waals surface area contributed by atoms with E-state index in [0.717, 1.165) is 11.8 Å². The maximum Gasteiger partial charge on any atom is 0.346 e. The number of aliphatic carboxylic acids is 1. The van der Waals surface area contributed by atoms with E-state index in [9.17, 15) is 29.1 Å². The van der Waals surface area contributed by atoms with Crippen LogP contribution >= 0.6 is 0 Å². The van der Waals surface area contributed by atoms with Crippen LogP contribution in [0.4, 0.5) is 10.6 Å². The van der Waals surface area contributed by atoms with E-state index in [1.807, 2.05) is 30.3 Å². The van der Waals surface area contributed by atoms with E-state index >= 15 is 0 Å². The van der Waals surface area contributed by atoms with E-state index in [2.05, 4.69) is 30.8 Å². The van der Waals surface area contributed by atoms with E-state index in [-0.39, 0.29) is 40.6 Å². The Kier molecular flexibility index (Phi) is 11.2. The summed E-state index contributed by atoms with van der Waals surface area (Å²) in [6, 6.07) is 20.9. The number of nitrogens with one attached hydrogen (secondary N) is 4. The molecule has 1 aliphatic heterocycles. The number of nitrogens with zero attached hydrogens (tertiary/aromatic N) is 2. The Hall–Kier alpha value is -6.02. The quantitative estimate of drug-likeness (QED) is 0.131. The van der Waals surface area contributed by atoms with Gasteiger partial charge >= 0.3 is 17.7 Å². The lowest BCUT2D eigenvalue weighted by atomic mass is 9.80. The lowest BCUT2D eigenvalue weighted by Crippen LogP contribution is -2.63. The molecule has 14 nitrogen and oxygen atoms in total. The van der Waals surface area contributed by atoms with Crippen LogP contribution in [0.3, 0.4) is 0 Å². The van der Waals surface area contributed by atoms with Crippen LogP contribution < -0.4 is 31.1 Å². The number of aromatic amines is 1.